The Labute approximate surface area is 202 Å². The number of nitrogens with zero attached hydrogens (tertiary/aromatic N) is 2. The molecule has 0 radical (unpaired) electrons. The lowest BCUT2D eigenvalue weighted by Gasteiger charge is -2.18. The zero-order chi connectivity index (χ0) is 25.4. The average molecular weight is 482 g/mol. The molecule has 1 aliphatic heterocycles. The Balaban J connectivity index is 1.71. The normalized spacial score (nSPS) is 13.1. The largest absolute Gasteiger partial charge is 0.490 e. The number of carbonyl (C=O) groups is 5. The quantitative estimate of drug-likeness (QED) is 0.393. The first-order valence-electron chi connectivity index (χ1n) is 11.1. The molecule has 0 saturated carbocycles. The summed E-state index contributed by atoms with van der Waals surface area (Å²) in [5.41, 5.74) is 0.535. The molecule has 2 N–H and O–H groups in total. The summed E-state index contributed by atoms with van der Waals surface area (Å²) >= 11 is 0. The number of benzene rings is 2. The first-order valence-corrected chi connectivity index (χ1v) is 11.1. The Bertz CT molecular complexity index is 1120. The van der Waals surface area contributed by atoms with Crippen molar-refractivity contribution in [2.45, 2.75) is 26.7 Å². The first kappa shape index (κ1) is 25.2. The predicted molar refractivity (Wildman–Crippen MR) is 126 cm³/mol. The molecule has 0 atom stereocenters. The van der Waals surface area contributed by atoms with E-state index in [4.69, 9.17) is 9.47 Å². The van der Waals surface area contributed by atoms with Crippen LogP contribution in [-0.2, 0) is 14.4 Å². The summed E-state index contributed by atoms with van der Waals surface area (Å²) < 4.78 is 11.3. The summed E-state index contributed by atoms with van der Waals surface area (Å²) in [6.07, 6.45) is 1.49. The van der Waals surface area contributed by atoms with Gasteiger partial charge in [-0.2, -0.15) is 0 Å². The van der Waals surface area contributed by atoms with Gasteiger partial charge in [0.25, 0.3) is 0 Å². The number of para-hydroxylation sites is 1. The maximum Gasteiger partial charge on any atom is 0.339 e. The summed E-state index contributed by atoms with van der Waals surface area (Å²) in [6.45, 7) is 3.89. The van der Waals surface area contributed by atoms with Crippen molar-refractivity contribution in [2.24, 2.45) is 0 Å². The van der Waals surface area contributed by atoms with Gasteiger partial charge >= 0.3 is 23.9 Å². The van der Waals surface area contributed by atoms with E-state index >= 15 is 0 Å². The molecule has 184 valence electrons. The Morgan fingerprint density at radius 3 is 2.17 bits per heavy atom. The van der Waals surface area contributed by atoms with E-state index in [1.54, 1.807) is 36.4 Å². The third-order valence-electron chi connectivity index (χ3n) is 4.75. The standard InChI is InChI=1S/C24H26N4O7/c1-3-12-34-18-11-10-17(14-19(18)35-13-4-2)28-22(31)21(30)27(24(28)33)15-20(29)26-23(32)25-16-8-6-5-7-9-16/h5-11,14H,3-4,12-13,15H2,1-2H3,(H2,25,26,29,32). The fourth-order valence-electron chi connectivity index (χ4n) is 3.16. The number of imide groups is 3. The second kappa shape index (κ2) is 11.6. The van der Waals surface area contributed by atoms with Gasteiger partial charge < -0.3 is 14.8 Å². The highest BCUT2D eigenvalue weighted by Crippen LogP contribution is 2.34. The lowest BCUT2D eigenvalue weighted by Crippen LogP contribution is -2.44. The molecule has 0 bridgehead atoms. The number of rotatable bonds is 10. The van der Waals surface area contributed by atoms with Crippen LogP contribution in [0.5, 0.6) is 11.5 Å². The minimum absolute atomic E-state index is 0.0908. The maximum atomic E-state index is 12.9. The number of hydrogen-bond acceptors (Lipinski definition) is 7. The zero-order valence-corrected chi connectivity index (χ0v) is 19.4. The SMILES string of the molecule is CCCOc1ccc(N2C(=O)C(=O)N(CC(=O)NC(=O)Nc3ccccc3)C2=O)cc1OCCC. The second-order valence-electron chi connectivity index (χ2n) is 7.51. The molecule has 0 aromatic heterocycles. The summed E-state index contributed by atoms with van der Waals surface area (Å²) in [6, 6.07) is 10.9. The van der Waals surface area contributed by atoms with Gasteiger partial charge in [-0.3, -0.25) is 19.7 Å². The molecule has 0 unspecified atom stereocenters. The molecule has 1 aliphatic rings. The Morgan fingerprint density at radius 1 is 0.857 bits per heavy atom. The van der Waals surface area contributed by atoms with Gasteiger partial charge in [0, 0.05) is 11.8 Å². The highest BCUT2D eigenvalue weighted by molar-refractivity contribution is 6.53. The van der Waals surface area contributed by atoms with Crippen molar-refractivity contribution in [1.29, 1.82) is 0 Å². The van der Waals surface area contributed by atoms with Gasteiger partial charge in [0.1, 0.15) is 6.54 Å². The van der Waals surface area contributed by atoms with E-state index in [2.05, 4.69) is 5.32 Å². The Kier molecular flexibility index (Phi) is 8.38. The van der Waals surface area contributed by atoms with Gasteiger partial charge in [-0.15, -0.1) is 0 Å². The first-order chi connectivity index (χ1) is 16.8. The lowest BCUT2D eigenvalue weighted by molar-refractivity contribution is -0.140. The molecule has 1 saturated heterocycles. The molecular weight excluding hydrogens is 456 g/mol. The number of nitrogens with one attached hydrogen (secondary N) is 2. The molecule has 3 rings (SSSR count). The molecule has 7 amide bonds. The maximum absolute atomic E-state index is 12.9. The van der Waals surface area contributed by atoms with E-state index in [-0.39, 0.29) is 5.69 Å². The van der Waals surface area contributed by atoms with Gasteiger partial charge in [0.2, 0.25) is 5.91 Å². The molecule has 0 spiro atoms. The van der Waals surface area contributed by atoms with Crippen molar-refractivity contribution in [2.75, 3.05) is 30.0 Å². The van der Waals surface area contributed by atoms with Crippen molar-refractivity contribution in [3.8, 4) is 11.5 Å². The minimum Gasteiger partial charge on any atom is -0.490 e. The number of urea groups is 2. The fourth-order valence-corrected chi connectivity index (χ4v) is 3.16. The summed E-state index contributed by atoms with van der Waals surface area (Å²) in [4.78, 5) is 63.3. The molecule has 0 aliphatic carbocycles. The van der Waals surface area contributed by atoms with Gasteiger partial charge in [-0.05, 0) is 37.1 Å². The fraction of sp³-hybridized carbons (Fsp3) is 0.292. The molecule has 11 nitrogen and oxygen atoms in total. The number of carbonyl (C=O) groups excluding carboxylic acids is 5. The topological polar surface area (TPSA) is 134 Å². The number of hydrogen-bond donors (Lipinski definition) is 2. The monoisotopic (exact) mass is 482 g/mol. The molecule has 1 fully saturated rings. The highest BCUT2D eigenvalue weighted by atomic mass is 16.5. The highest BCUT2D eigenvalue weighted by Gasteiger charge is 2.46. The molecular formula is C24H26N4O7. The van der Waals surface area contributed by atoms with E-state index < -0.39 is 36.3 Å². The van der Waals surface area contributed by atoms with Crippen LogP contribution in [0.15, 0.2) is 48.5 Å². The zero-order valence-electron chi connectivity index (χ0n) is 19.4. The lowest BCUT2D eigenvalue weighted by atomic mass is 10.2. The molecule has 2 aromatic rings. The number of ether oxygens (including phenoxy) is 2. The van der Waals surface area contributed by atoms with E-state index in [1.807, 2.05) is 19.2 Å². The Morgan fingerprint density at radius 2 is 1.51 bits per heavy atom. The van der Waals surface area contributed by atoms with Gasteiger partial charge in [-0.1, -0.05) is 32.0 Å². The van der Waals surface area contributed by atoms with E-state index in [0.717, 1.165) is 12.8 Å². The van der Waals surface area contributed by atoms with Gasteiger partial charge in [0.05, 0.1) is 18.9 Å². The van der Waals surface area contributed by atoms with Gasteiger partial charge in [-0.25, -0.2) is 19.4 Å². The van der Waals surface area contributed by atoms with Crippen LogP contribution in [-0.4, -0.2) is 54.4 Å². The van der Waals surface area contributed by atoms with Crippen LogP contribution < -0.4 is 25.0 Å². The number of amides is 7. The molecule has 2 aromatic carbocycles. The van der Waals surface area contributed by atoms with Crippen molar-refractivity contribution in [3.63, 3.8) is 0 Å². The summed E-state index contributed by atoms with van der Waals surface area (Å²) in [5, 5.41) is 4.47. The smallest absolute Gasteiger partial charge is 0.339 e. The third-order valence-corrected chi connectivity index (χ3v) is 4.75. The van der Waals surface area contributed by atoms with Crippen molar-refractivity contribution in [1.82, 2.24) is 10.2 Å². The van der Waals surface area contributed by atoms with Crippen LogP contribution in [0.3, 0.4) is 0 Å². The third kappa shape index (κ3) is 6.14. The second-order valence-corrected chi connectivity index (χ2v) is 7.51. The van der Waals surface area contributed by atoms with Crippen LogP contribution in [0.4, 0.5) is 21.0 Å². The molecule has 11 heteroatoms. The van der Waals surface area contributed by atoms with Crippen molar-refractivity contribution >= 4 is 41.2 Å². The van der Waals surface area contributed by atoms with Crippen molar-refractivity contribution < 1.29 is 33.4 Å². The van der Waals surface area contributed by atoms with Crippen LogP contribution in [0.2, 0.25) is 0 Å². The van der Waals surface area contributed by atoms with Crippen molar-refractivity contribution in [3.05, 3.63) is 48.5 Å². The molecule has 1 heterocycles. The summed E-state index contributed by atoms with van der Waals surface area (Å²) in [5.74, 6) is -2.49. The van der Waals surface area contributed by atoms with Crippen LogP contribution >= 0.6 is 0 Å². The number of anilines is 2. The van der Waals surface area contributed by atoms with Gasteiger partial charge in [0.15, 0.2) is 11.5 Å². The van der Waals surface area contributed by atoms with Crippen LogP contribution in [0.1, 0.15) is 26.7 Å². The van der Waals surface area contributed by atoms with E-state index in [0.29, 0.717) is 40.2 Å². The van der Waals surface area contributed by atoms with Crippen LogP contribution in [0, 0.1) is 0 Å². The average Bonchev–Trinajstić information content (AvgIpc) is 3.05. The van der Waals surface area contributed by atoms with E-state index in [9.17, 15) is 24.0 Å². The Hall–Kier alpha value is -4.41. The van der Waals surface area contributed by atoms with Crippen LogP contribution in [0.25, 0.3) is 0 Å². The predicted octanol–water partition coefficient (Wildman–Crippen LogP) is 2.91. The minimum atomic E-state index is -1.18. The molecule has 35 heavy (non-hydrogen) atoms. The van der Waals surface area contributed by atoms with E-state index in [1.165, 1.54) is 12.1 Å². The summed E-state index contributed by atoms with van der Waals surface area (Å²) in [7, 11) is 0.